The maximum atomic E-state index is 6.18. The van der Waals surface area contributed by atoms with Crippen molar-refractivity contribution in [3.63, 3.8) is 0 Å². The second-order valence-electron chi connectivity index (χ2n) is 5.19. The minimum atomic E-state index is 0.204. The highest BCUT2D eigenvalue weighted by Crippen LogP contribution is 2.48. The first-order chi connectivity index (χ1) is 8.09. The van der Waals surface area contributed by atoms with Crippen LogP contribution in [0.3, 0.4) is 0 Å². The molecule has 0 amide bonds. The lowest BCUT2D eigenvalue weighted by molar-refractivity contribution is 0.306. The largest absolute Gasteiger partial charge is 0.496 e. The first-order valence-electron chi connectivity index (χ1n) is 5.97. The number of hydrogen-bond donors (Lipinski definition) is 0. The first-order valence-corrected chi connectivity index (χ1v) is 7.30. The zero-order chi connectivity index (χ0) is 12.5. The van der Waals surface area contributed by atoms with Crippen LogP contribution in [0.4, 0.5) is 0 Å². The molecule has 1 saturated carbocycles. The van der Waals surface area contributed by atoms with Gasteiger partial charge in [0, 0.05) is 10.4 Å². The second-order valence-corrected chi connectivity index (χ2v) is 6.38. The molecule has 2 rings (SSSR count). The average molecular weight is 318 g/mol. The maximum absolute atomic E-state index is 6.18. The summed E-state index contributed by atoms with van der Waals surface area (Å²) in [6.07, 6.45) is 3.63. The van der Waals surface area contributed by atoms with Gasteiger partial charge in [0.2, 0.25) is 0 Å². The van der Waals surface area contributed by atoms with Crippen LogP contribution in [0.2, 0.25) is 0 Å². The Morgan fingerprint density at radius 2 is 2.18 bits per heavy atom. The fourth-order valence-corrected chi connectivity index (χ4v) is 3.12. The van der Waals surface area contributed by atoms with Crippen molar-refractivity contribution in [2.24, 2.45) is 11.3 Å². The van der Waals surface area contributed by atoms with E-state index in [4.69, 9.17) is 16.3 Å². The standard InChI is InChI=1S/C14H18BrClO/c1-14(9-16,11-3-4-11)8-10-7-12(15)5-6-13(10)17-2/h5-7,11H,3-4,8-9H2,1-2H3. The molecule has 1 aliphatic carbocycles. The molecule has 0 bridgehead atoms. The molecule has 0 aromatic heterocycles. The average Bonchev–Trinajstić information content (AvgIpc) is 3.13. The van der Waals surface area contributed by atoms with E-state index in [1.807, 2.05) is 12.1 Å². The van der Waals surface area contributed by atoms with Crippen LogP contribution >= 0.6 is 27.5 Å². The Hall–Kier alpha value is -0.210. The Balaban J connectivity index is 2.24. The lowest BCUT2D eigenvalue weighted by Gasteiger charge is -2.28. The van der Waals surface area contributed by atoms with E-state index < -0.39 is 0 Å². The van der Waals surface area contributed by atoms with Gasteiger partial charge in [-0.05, 0) is 54.4 Å². The van der Waals surface area contributed by atoms with E-state index in [0.29, 0.717) is 5.88 Å². The highest BCUT2D eigenvalue weighted by molar-refractivity contribution is 9.10. The van der Waals surface area contributed by atoms with Crippen LogP contribution in [-0.2, 0) is 6.42 Å². The van der Waals surface area contributed by atoms with Gasteiger partial charge in [0.15, 0.2) is 0 Å². The van der Waals surface area contributed by atoms with Gasteiger partial charge in [-0.2, -0.15) is 0 Å². The van der Waals surface area contributed by atoms with E-state index in [1.165, 1.54) is 18.4 Å². The SMILES string of the molecule is COc1ccc(Br)cc1CC(C)(CCl)C1CC1. The van der Waals surface area contributed by atoms with Crippen molar-refractivity contribution in [3.05, 3.63) is 28.2 Å². The van der Waals surface area contributed by atoms with Crippen molar-refractivity contribution in [2.75, 3.05) is 13.0 Å². The summed E-state index contributed by atoms with van der Waals surface area (Å²) in [5, 5.41) is 0. The summed E-state index contributed by atoms with van der Waals surface area (Å²) in [5.41, 5.74) is 1.45. The van der Waals surface area contributed by atoms with Gasteiger partial charge in [-0.15, -0.1) is 11.6 Å². The van der Waals surface area contributed by atoms with Crippen LogP contribution < -0.4 is 4.74 Å². The molecule has 0 spiro atoms. The van der Waals surface area contributed by atoms with Gasteiger partial charge in [0.05, 0.1) is 7.11 Å². The molecule has 0 saturated heterocycles. The first kappa shape index (κ1) is 13.2. The fourth-order valence-electron chi connectivity index (χ4n) is 2.40. The van der Waals surface area contributed by atoms with Crippen LogP contribution in [0, 0.1) is 11.3 Å². The molecule has 1 unspecified atom stereocenters. The van der Waals surface area contributed by atoms with E-state index in [0.717, 1.165) is 22.6 Å². The van der Waals surface area contributed by atoms with Gasteiger partial charge in [-0.25, -0.2) is 0 Å². The van der Waals surface area contributed by atoms with Crippen molar-refractivity contribution < 1.29 is 4.74 Å². The van der Waals surface area contributed by atoms with Gasteiger partial charge in [-0.1, -0.05) is 22.9 Å². The van der Waals surface area contributed by atoms with E-state index in [-0.39, 0.29) is 5.41 Å². The van der Waals surface area contributed by atoms with Gasteiger partial charge in [0.1, 0.15) is 5.75 Å². The third kappa shape index (κ3) is 2.97. The van der Waals surface area contributed by atoms with Crippen molar-refractivity contribution in [2.45, 2.75) is 26.2 Å². The molecule has 3 heteroatoms. The van der Waals surface area contributed by atoms with E-state index in [9.17, 15) is 0 Å². The normalized spacial score (nSPS) is 18.8. The third-order valence-corrected chi connectivity index (χ3v) is 4.81. The number of hydrogen-bond acceptors (Lipinski definition) is 1. The number of rotatable bonds is 5. The summed E-state index contributed by atoms with van der Waals surface area (Å²) in [6, 6.07) is 6.17. The number of alkyl halides is 1. The topological polar surface area (TPSA) is 9.23 Å². The molecule has 1 nitrogen and oxygen atoms in total. The molecule has 1 aliphatic rings. The van der Waals surface area contributed by atoms with Crippen LogP contribution in [0.25, 0.3) is 0 Å². The predicted octanol–water partition coefficient (Wildman–Crippen LogP) is 4.66. The van der Waals surface area contributed by atoms with Gasteiger partial charge in [-0.3, -0.25) is 0 Å². The summed E-state index contributed by atoms with van der Waals surface area (Å²) in [7, 11) is 1.72. The van der Waals surface area contributed by atoms with Crippen LogP contribution in [0.15, 0.2) is 22.7 Å². The Morgan fingerprint density at radius 1 is 1.47 bits per heavy atom. The van der Waals surface area contributed by atoms with Crippen molar-refractivity contribution >= 4 is 27.5 Å². The molecular formula is C14H18BrClO. The lowest BCUT2D eigenvalue weighted by Crippen LogP contribution is -2.24. The van der Waals surface area contributed by atoms with Crippen LogP contribution in [0.5, 0.6) is 5.75 Å². The predicted molar refractivity (Wildman–Crippen MR) is 75.9 cm³/mol. The number of halogens is 2. The highest BCUT2D eigenvalue weighted by Gasteiger charge is 2.41. The second kappa shape index (κ2) is 5.19. The molecule has 1 aromatic carbocycles. The minimum absolute atomic E-state index is 0.204. The summed E-state index contributed by atoms with van der Waals surface area (Å²) in [6.45, 7) is 2.29. The quantitative estimate of drug-likeness (QED) is 0.718. The van der Waals surface area contributed by atoms with Gasteiger partial charge in [0.25, 0.3) is 0 Å². The van der Waals surface area contributed by atoms with E-state index in [1.54, 1.807) is 7.11 Å². The molecule has 1 atom stereocenters. The third-order valence-electron chi connectivity index (χ3n) is 3.70. The number of methoxy groups -OCH3 is 1. The van der Waals surface area contributed by atoms with Crippen LogP contribution in [0.1, 0.15) is 25.3 Å². The van der Waals surface area contributed by atoms with Gasteiger partial charge >= 0.3 is 0 Å². The van der Waals surface area contributed by atoms with Crippen molar-refractivity contribution in [3.8, 4) is 5.75 Å². The van der Waals surface area contributed by atoms with Gasteiger partial charge < -0.3 is 4.74 Å². The number of benzene rings is 1. The zero-order valence-electron chi connectivity index (χ0n) is 10.3. The number of ether oxygens (including phenoxy) is 1. The summed E-state index contributed by atoms with van der Waals surface area (Å²) in [5.74, 6) is 2.46. The summed E-state index contributed by atoms with van der Waals surface area (Å²) in [4.78, 5) is 0. The molecule has 0 heterocycles. The maximum Gasteiger partial charge on any atom is 0.122 e. The molecule has 0 radical (unpaired) electrons. The molecule has 17 heavy (non-hydrogen) atoms. The summed E-state index contributed by atoms with van der Waals surface area (Å²) < 4.78 is 6.53. The molecule has 0 N–H and O–H groups in total. The smallest absolute Gasteiger partial charge is 0.122 e. The van der Waals surface area contributed by atoms with E-state index >= 15 is 0 Å². The molecule has 94 valence electrons. The van der Waals surface area contributed by atoms with Crippen molar-refractivity contribution in [1.82, 2.24) is 0 Å². The molecular weight excluding hydrogens is 300 g/mol. The summed E-state index contributed by atoms with van der Waals surface area (Å²) >= 11 is 9.70. The minimum Gasteiger partial charge on any atom is -0.496 e. The van der Waals surface area contributed by atoms with E-state index in [2.05, 4.69) is 28.9 Å². The van der Waals surface area contributed by atoms with Crippen LogP contribution in [-0.4, -0.2) is 13.0 Å². The fraction of sp³-hybridized carbons (Fsp3) is 0.571. The van der Waals surface area contributed by atoms with Crippen molar-refractivity contribution in [1.29, 1.82) is 0 Å². The Labute approximate surface area is 117 Å². The lowest BCUT2D eigenvalue weighted by atomic mass is 9.80. The Kier molecular flexibility index (Phi) is 4.04. The highest BCUT2D eigenvalue weighted by atomic mass is 79.9. The molecule has 1 fully saturated rings. The zero-order valence-corrected chi connectivity index (χ0v) is 12.6. The Morgan fingerprint density at radius 3 is 2.71 bits per heavy atom. The monoisotopic (exact) mass is 316 g/mol. The molecule has 0 aliphatic heterocycles. The Bertz CT molecular complexity index is 403. The molecule has 1 aromatic rings.